The largest absolute Gasteiger partial charge is 0.469 e. The summed E-state index contributed by atoms with van der Waals surface area (Å²) in [7, 11) is 1.31. The van der Waals surface area contributed by atoms with Crippen molar-refractivity contribution in [3.63, 3.8) is 0 Å². The quantitative estimate of drug-likeness (QED) is 0.469. The lowest BCUT2D eigenvalue weighted by molar-refractivity contribution is -0.146. The van der Waals surface area contributed by atoms with Crippen LogP contribution in [0.4, 0.5) is 15.2 Å². The summed E-state index contributed by atoms with van der Waals surface area (Å²) in [6.07, 6.45) is 2.88. The number of para-hydroxylation sites is 1. The zero-order valence-corrected chi connectivity index (χ0v) is 18.1. The van der Waals surface area contributed by atoms with Crippen molar-refractivity contribution in [2.24, 2.45) is 5.92 Å². The van der Waals surface area contributed by atoms with Gasteiger partial charge in [-0.3, -0.25) is 19.3 Å². The summed E-state index contributed by atoms with van der Waals surface area (Å²) in [5.74, 6) is -2.02. The van der Waals surface area contributed by atoms with E-state index in [-0.39, 0.29) is 30.0 Å². The average Bonchev–Trinajstić information content (AvgIpc) is 3.19. The number of hydrogen-bond acceptors (Lipinski definition) is 6. The molecule has 0 saturated heterocycles. The maximum Gasteiger partial charge on any atom is 0.310 e. The second-order valence-corrected chi connectivity index (χ2v) is 7.33. The number of amides is 2. The van der Waals surface area contributed by atoms with Gasteiger partial charge in [-0.15, -0.1) is 11.3 Å². The molecular formula is C21H24FN3O4S. The van der Waals surface area contributed by atoms with E-state index in [1.165, 1.54) is 48.1 Å². The number of esters is 1. The molecule has 0 fully saturated rings. The standard InChI is InChI=1S/C21H24FN3O4S/c1-5-24(12-14(2)20(28)29-4)19(27)11-10-16-13-30-21(23-16)25(15(3)26)18-9-7-6-8-17(18)22/h6-11,13-14H,5,12H2,1-4H3/b11-10+. The topological polar surface area (TPSA) is 79.8 Å². The molecule has 0 bridgehead atoms. The average molecular weight is 434 g/mol. The van der Waals surface area contributed by atoms with E-state index in [1.807, 2.05) is 6.92 Å². The third-order valence-corrected chi connectivity index (χ3v) is 5.14. The van der Waals surface area contributed by atoms with Crippen molar-refractivity contribution in [1.29, 1.82) is 0 Å². The number of hydrogen-bond donors (Lipinski definition) is 0. The molecule has 0 aliphatic heterocycles. The van der Waals surface area contributed by atoms with Crippen LogP contribution in [-0.4, -0.2) is 47.9 Å². The Bertz CT molecular complexity index is 944. The zero-order chi connectivity index (χ0) is 22.3. The highest BCUT2D eigenvalue weighted by Crippen LogP contribution is 2.30. The lowest BCUT2D eigenvalue weighted by Gasteiger charge is -2.22. The van der Waals surface area contributed by atoms with Crippen molar-refractivity contribution in [1.82, 2.24) is 9.88 Å². The fraction of sp³-hybridized carbons (Fsp3) is 0.333. The Kier molecular flexibility index (Phi) is 8.23. The molecule has 7 nitrogen and oxygen atoms in total. The molecule has 1 heterocycles. The Morgan fingerprint density at radius 2 is 2.00 bits per heavy atom. The summed E-state index contributed by atoms with van der Waals surface area (Å²) in [5, 5.41) is 1.97. The third-order valence-electron chi connectivity index (χ3n) is 4.30. The first-order valence-corrected chi connectivity index (χ1v) is 10.2. The molecule has 2 rings (SSSR count). The number of carbonyl (C=O) groups is 3. The molecule has 160 valence electrons. The van der Waals surface area contributed by atoms with Crippen LogP contribution in [0.1, 0.15) is 26.5 Å². The molecule has 2 aromatic rings. The van der Waals surface area contributed by atoms with Crippen molar-refractivity contribution < 1.29 is 23.5 Å². The Hall–Kier alpha value is -3.07. The highest BCUT2D eigenvalue weighted by atomic mass is 32.1. The van der Waals surface area contributed by atoms with E-state index in [0.717, 1.165) is 11.3 Å². The number of ether oxygens (including phenoxy) is 1. The smallest absolute Gasteiger partial charge is 0.310 e. The van der Waals surface area contributed by atoms with Gasteiger partial charge in [-0.2, -0.15) is 0 Å². The summed E-state index contributed by atoms with van der Waals surface area (Å²) in [6.45, 7) is 5.50. The number of halogens is 1. The van der Waals surface area contributed by atoms with Crippen LogP contribution in [-0.2, 0) is 19.1 Å². The lowest BCUT2D eigenvalue weighted by atomic mass is 10.1. The van der Waals surface area contributed by atoms with E-state index in [4.69, 9.17) is 4.74 Å². The Morgan fingerprint density at radius 1 is 1.30 bits per heavy atom. The monoisotopic (exact) mass is 433 g/mol. The van der Waals surface area contributed by atoms with Crippen LogP contribution >= 0.6 is 11.3 Å². The van der Waals surface area contributed by atoms with Gasteiger partial charge in [0.15, 0.2) is 5.13 Å². The van der Waals surface area contributed by atoms with Crippen molar-refractivity contribution in [2.75, 3.05) is 25.1 Å². The molecule has 9 heteroatoms. The summed E-state index contributed by atoms with van der Waals surface area (Å²) in [4.78, 5) is 43.2. The lowest BCUT2D eigenvalue weighted by Crippen LogP contribution is -2.36. The van der Waals surface area contributed by atoms with Crippen molar-refractivity contribution in [3.8, 4) is 0 Å². The molecule has 0 spiro atoms. The summed E-state index contributed by atoms with van der Waals surface area (Å²) >= 11 is 1.16. The van der Waals surface area contributed by atoms with E-state index in [2.05, 4.69) is 4.98 Å². The maximum absolute atomic E-state index is 14.1. The van der Waals surface area contributed by atoms with Gasteiger partial charge in [0, 0.05) is 31.5 Å². The molecule has 1 atom stereocenters. The second-order valence-electron chi connectivity index (χ2n) is 6.50. The van der Waals surface area contributed by atoms with Crippen molar-refractivity contribution in [3.05, 3.63) is 47.2 Å². The molecular weight excluding hydrogens is 409 g/mol. The van der Waals surface area contributed by atoms with Gasteiger partial charge in [0.2, 0.25) is 11.8 Å². The zero-order valence-electron chi connectivity index (χ0n) is 17.3. The first-order chi connectivity index (χ1) is 14.3. The van der Waals surface area contributed by atoms with Gasteiger partial charge in [0.1, 0.15) is 5.82 Å². The maximum atomic E-state index is 14.1. The van der Waals surface area contributed by atoms with Crippen LogP contribution in [0, 0.1) is 11.7 Å². The minimum absolute atomic E-state index is 0.111. The number of nitrogens with zero attached hydrogens (tertiary/aromatic N) is 3. The van der Waals surface area contributed by atoms with Crippen LogP contribution in [0.2, 0.25) is 0 Å². The summed E-state index contributed by atoms with van der Waals surface area (Å²) < 4.78 is 18.8. The SMILES string of the molecule is CCN(CC(C)C(=O)OC)C(=O)/C=C/c1csc(N(C(C)=O)c2ccccc2F)n1. The van der Waals surface area contributed by atoms with E-state index in [1.54, 1.807) is 24.4 Å². The number of likely N-dealkylation sites (N-methyl/N-ethyl adjacent to an activating group) is 1. The van der Waals surface area contributed by atoms with Gasteiger partial charge < -0.3 is 9.64 Å². The predicted molar refractivity (Wildman–Crippen MR) is 114 cm³/mol. The van der Waals surface area contributed by atoms with Crippen LogP contribution in [0.25, 0.3) is 6.08 Å². The molecule has 0 saturated carbocycles. The molecule has 2 amide bonds. The Morgan fingerprint density at radius 3 is 2.60 bits per heavy atom. The van der Waals surface area contributed by atoms with Crippen LogP contribution in [0.15, 0.2) is 35.7 Å². The van der Waals surface area contributed by atoms with E-state index in [9.17, 15) is 18.8 Å². The molecule has 0 aliphatic carbocycles. The molecule has 0 N–H and O–H groups in total. The number of rotatable bonds is 8. The Labute approximate surface area is 178 Å². The molecule has 1 aromatic heterocycles. The molecule has 1 aromatic carbocycles. The molecule has 30 heavy (non-hydrogen) atoms. The first-order valence-electron chi connectivity index (χ1n) is 9.34. The first kappa shape index (κ1) is 23.2. The minimum atomic E-state index is -0.534. The number of thiazole rings is 1. The van der Waals surface area contributed by atoms with Gasteiger partial charge in [-0.1, -0.05) is 19.1 Å². The van der Waals surface area contributed by atoms with E-state index >= 15 is 0 Å². The highest BCUT2D eigenvalue weighted by Gasteiger charge is 2.21. The van der Waals surface area contributed by atoms with Crippen LogP contribution in [0.3, 0.4) is 0 Å². The second kappa shape index (κ2) is 10.6. The molecule has 0 aliphatic rings. The summed E-state index contributed by atoms with van der Waals surface area (Å²) in [6, 6.07) is 5.95. The molecule has 0 radical (unpaired) electrons. The third kappa shape index (κ3) is 5.73. The highest BCUT2D eigenvalue weighted by molar-refractivity contribution is 7.14. The van der Waals surface area contributed by atoms with E-state index in [0.29, 0.717) is 17.4 Å². The van der Waals surface area contributed by atoms with Crippen molar-refractivity contribution in [2.45, 2.75) is 20.8 Å². The number of anilines is 2. The number of aromatic nitrogens is 1. The fourth-order valence-corrected chi connectivity index (χ4v) is 3.59. The fourth-order valence-electron chi connectivity index (χ4n) is 2.74. The normalized spacial score (nSPS) is 11.9. The van der Waals surface area contributed by atoms with Crippen molar-refractivity contribution >= 4 is 46.0 Å². The number of carbonyl (C=O) groups excluding carboxylic acids is 3. The summed E-state index contributed by atoms with van der Waals surface area (Å²) in [5.41, 5.74) is 0.572. The minimum Gasteiger partial charge on any atom is -0.469 e. The van der Waals surface area contributed by atoms with Crippen LogP contribution < -0.4 is 4.90 Å². The van der Waals surface area contributed by atoms with Gasteiger partial charge in [-0.05, 0) is 25.1 Å². The van der Waals surface area contributed by atoms with Gasteiger partial charge >= 0.3 is 5.97 Å². The molecule has 1 unspecified atom stereocenters. The van der Waals surface area contributed by atoms with E-state index < -0.39 is 11.7 Å². The Balaban J connectivity index is 2.16. The van der Waals surface area contributed by atoms with Gasteiger partial charge in [-0.25, -0.2) is 9.37 Å². The van der Waals surface area contributed by atoms with Gasteiger partial charge in [0.05, 0.1) is 24.4 Å². The van der Waals surface area contributed by atoms with Gasteiger partial charge in [0.25, 0.3) is 0 Å². The number of benzene rings is 1. The predicted octanol–water partition coefficient (Wildman–Crippen LogP) is 3.64. The van der Waals surface area contributed by atoms with Crippen LogP contribution in [0.5, 0.6) is 0 Å². The number of methoxy groups -OCH3 is 1.